The molecule has 0 heterocycles. The van der Waals surface area contributed by atoms with Gasteiger partial charge in [0.15, 0.2) is 0 Å². The lowest BCUT2D eigenvalue weighted by Gasteiger charge is -2.21. The summed E-state index contributed by atoms with van der Waals surface area (Å²) >= 11 is 0. The van der Waals surface area contributed by atoms with Crippen LogP contribution in [0.2, 0.25) is 0 Å². The highest BCUT2D eigenvalue weighted by molar-refractivity contribution is 5.95. The van der Waals surface area contributed by atoms with Gasteiger partial charge in [-0.1, -0.05) is 12.1 Å². The number of carbonyl (C=O) groups excluding carboxylic acids is 2. The van der Waals surface area contributed by atoms with Gasteiger partial charge < -0.3 is 11.1 Å². The van der Waals surface area contributed by atoms with Gasteiger partial charge in [0.2, 0.25) is 11.8 Å². The summed E-state index contributed by atoms with van der Waals surface area (Å²) in [5.74, 6) is -0.892. The van der Waals surface area contributed by atoms with E-state index in [0.717, 1.165) is 18.4 Å². The predicted octanol–water partition coefficient (Wildman–Crippen LogP) is 2.53. The summed E-state index contributed by atoms with van der Waals surface area (Å²) in [6.45, 7) is 0.874. The first kappa shape index (κ1) is 17.1. The lowest BCUT2D eigenvalue weighted by molar-refractivity contribution is -0.117. The molecule has 2 aromatic carbocycles. The van der Waals surface area contributed by atoms with E-state index < -0.39 is 5.91 Å². The van der Waals surface area contributed by atoms with Crippen molar-refractivity contribution in [3.05, 3.63) is 65.5 Å². The number of halogens is 1. The van der Waals surface area contributed by atoms with Crippen molar-refractivity contribution in [2.45, 2.75) is 25.4 Å². The molecule has 25 heavy (non-hydrogen) atoms. The molecule has 3 rings (SSSR count). The topological polar surface area (TPSA) is 75.4 Å². The van der Waals surface area contributed by atoms with Gasteiger partial charge >= 0.3 is 0 Å². The lowest BCUT2D eigenvalue weighted by Crippen LogP contribution is -2.34. The second-order valence-corrected chi connectivity index (χ2v) is 6.25. The number of nitrogens with one attached hydrogen (secondary N) is 1. The second kappa shape index (κ2) is 7.44. The minimum absolute atomic E-state index is 0.124. The fourth-order valence-electron chi connectivity index (χ4n) is 2.68. The molecule has 0 bridgehead atoms. The van der Waals surface area contributed by atoms with Crippen molar-refractivity contribution in [2.24, 2.45) is 5.73 Å². The molecule has 130 valence electrons. The van der Waals surface area contributed by atoms with Crippen molar-refractivity contribution in [2.75, 3.05) is 11.9 Å². The minimum Gasteiger partial charge on any atom is -0.366 e. The Morgan fingerprint density at radius 2 is 1.72 bits per heavy atom. The summed E-state index contributed by atoms with van der Waals surface area (Å²) in [5, 5.41) is 2.82. The number of hydrogen-bond acceptors (Lipinski definition) is 3. The van der Waals surface area contributed by atoms with Gasteiger partial charge in [-0.3, -0.25) is 14.5 Å². The third-order valence-corrected chi connectivity index (χ3v) is 4.16. The number of carbonyl (C=O) groups is 2. The summed E-state index contributed by atoms with van der Waals surface area (Å²) in [7, 11) is 0. The smallest absolute Gasteiger partial charge is 0.248 e. The molecular formula is C19H20FN3O2. The van der Waals surface area contributed by atoms with Crippen LogP contribution in [0.4, 0.5) is 10.1 Å². The summed E-state index contributed by atoms with van der Waals surface area (Å²) in [5.41, 5.74) is 7.19. The van der Waals surface area contributed by atoms with Crippen LogP contribution in [-0.2, 0) is 11.3 Å². The van der Waals surface area contributed by atoms with Crippen LogP contribution in [0.5, 0.6) is 0 Å². The Labute approximate surface area is 145 Å². The molecule has 0 spiro atoms. The normalized spacial score (nSPS) is 13.7. The monoisotopic (exact) mass is 341 g/mol. The van der Waals surface area contributed by atoms with Crippen molar-refractivity contribution in [3.8, 4) is 0 Å². The fraction of sp³-hybridized carbons (Fsp3) is 0.263. The van der Waals surface area contributed by atoms with Gasteiger partial charge in [0.1, 0.15) is 5.82 Å². The summed E-state index contributed by atoms with van der Waals surface area (Å²) < 4.78 is 13.0. The number of hydrogen-bond donors (Lipinski definition) is 2. The van der Waals surface area contributed by atoms with Gasteiger partial charge in [-0.25, -0.2) is 4.39 Å². The van der Waals surface area contributed by atoms with Crippen LogP contribution in [0.25, 0.3) is 0 Å². The highest BCUT2D eigenvalue weighted by Crippen LogP contribution is 2.28. The molecule has 2 amide bonds. The Bertz CT molecular complexity index is 755. The predicted molar refractivity (Wildman–Crippen MR) is 93.4 cm³/mol. The number of nitrogens with zero attached hydrogens (tertiary/aromatic N) is 1. The van der Waals surface area contributed by atoms with E-state index in [1.807, 2.05) is 0 Å². The summed E-state index contributed by atoms with van der Waals surface area (Å²) in [4.78, 5) is 25.5. The summed E-state index contributed by atoms with van der Waals surface area (Å²) in [6, 6.07) is 13.2. The van der Waals surface area contributed by atoms with E-state index in [1.165, 1.54) is 12.1 Å². The van der Waals surface area contributed by atoms with Crippen molar-refractivity contribution in [3.63, 3.8) is 0 Å². The van der Waals surface area contributed by atoms with E-state index in [9.17, 15) is 14.0 Å². The molecule has 6 heteroatoms. The Morgan fingerprint density at radius 1 is 1.08 bits per heavy atom. The number of primary amides is 1. The molecule has 0 aliphatic heterocycles. The van der Waals surface area contributed by atoms with Crippen LogP contribution >= 0.6 is 0 Å². The van der Waals surface area contributed by atoms with Crippen LogP contribution in [0.15, 0.2) is 48.5 Å². The van der Waals surface area contributed by atoms with Crippen molar-refractivity contribution >= 4 is 17.5 Å². The third-order valence-electron chi connectivity index (χ3n) is 4.16. The Morgan fingerprint density at radius 3 is 2.28 bits per heavy atom. The van der Waals surface area contributed by atoms with E-state index >= 15 is 0 Å². The van der Waals surface area contributed by atoms with E-state index in [4.69, 9.17) is 5.73 Å². The largest absolute Gasteiger partial charge is 0.366 e. The van der Waals surface area contributed by atoms with Crippen LogP contribution in [0, 0.1) is 5.82 Å². The Kier molecular flexibility index (Phi) is 5.09. The molecule has 0 radical (unpaired) electrons. The maximum atomic E-state index is 13.0. The SMILES string of the molecule is NC(=O)c1ccc(NC(=O)CN(Cc2ccc(F)cc2)C2CC2)cc1. The maximum absolute atomic E-state index is 13.0. The number of anilines is 1. The number of nitrogens with two attached hydrogens (primary N) is 1. The molecule has 2 aromatic rings. The van der Waals surface area contributed by atoms with E-state index in [-0.39, 0.29) is 18.3 Å². The fourth-order valence-corrected chi connectivity index (χ4v) is 2.68. The molecule has 1 aliphatic carbocycles. The number of benzene rings is 2. The molecule has 0 unspecified atom stereocenters. The van der Waals surface area contributed by atoms with Gasteiger partial charge in [-0.05, 0) is 54.8 Å². The first-order valence-corrected chi connectivity index (χ1v) is 8.19. The van der Waals surface area contributed by atoms with Gasteiger partial charge in [0, 0.05) is 23.8 Å². The minimum atomic E-state index is -0.503. The van der Waals surface area contributed by atoms with E-state index in [0.29, 0.717) is 23.8 Å². The molecule has 5 nitrogen and oxygen atoms in total. The molecule has 3 N–H and O–H groups in total. The zero-order valence-corrected chi connectivity index (χ0v) is 13.7. The second-order valence-electron chi connectivity index (χ2n) is 6.25. The van der Waals surface area contributed by atoms with Crippen molar-refractivity contribution in [1.29, 1.82) is 0 Å². The molecule has 1 saturated carbocycles. The Balaban J connectivity index is 1.59. The standard InChI is InChI=1S/C19H20FN3O2/c20-15-5-1-13(2-6-15)11-23(17-9-10-17)12-18(24)22-16-7-3-14(4-8-16)19(21)25/h1-8,17H,9-12H2,(H2,21,25)(H,22,24). The molecule has 0 aromatic heterocycles. The molecule has 1 aliphatic rings. The Hall–Kier alpha value is -2.73. The molecular weight excluding hydrogens is 321 g/mol. The van der Waals surface area contributed by atoms with Crippen molar-refractivity contribution in [1.82, 2.24) is 4.90 Å². The lowest BCUT2D eigenvalue weighted by atomic mass is 10.2. The van der Waals surface area contributed by atoms with Crippen LogP contribution < -0.4 is 11.1 Å². The zero-order valence-electron chi connectivity index (χ0n) is 13.7. The van der Waals surface area contributed by atoms with E-state index in [2.05, 4.69) is 10.2 Å². The van der Waals surface area contributed by atoms with Crippen LogP contribution in [0.1, 0.15) is 28.8 Å². The first-order valence-electron chi connectivity index (χ1n) is 8.19. The average molecular weight is 341 g/mol. The van der Waals surface area contributed by atoms with Gasteiger partial charge in [0.25, 0.3) is 0 Å². The zero-order chi connectivity index (χ0) is 17.8. The van der Waals surface area contributed by atoms with E-state index in [1.54, 1.807) is 36.4 Å². The molecule has 0 saturated heterocycles. The van der Waals surface area contributed by atoms with Crippen LogP contribution in [-0.4, -0.2) is 29.3 Å². The van der Waals surface area contributed by atoms with Gasteiger partial charge in [-0.15, -0.1) is 0 Å². The van der Waals surface area contributed by atoms with Crippen LogP contribution in [0.3, 0.4) is 0 Å². The maximum Gasteiger partial charge on any atom is 0.248 e. The average Bonchev–Trinajstić information content (AvgIpc) is 3.41. The highest BCUT2D eigenvalue weighted by atomic mass is 19.1. The quantitative estimate of drug-likeness (QED) is 0.812. The highest BCUT2D eigenvalue weighted by Gasteiger charge is 2.30. The van der Waals surface area contributed by atoms with Crippen molar-refractivity contribution < 1.29 is 14.0 Å². The molecule has 1 fully saturated rings. The first-order chi connectivity index (χ1) is 12.0. The number of rotatable bonds is 7. The molecule has 0 atom stereocenters. The van der Waals surface area contributed by atoms with Gasteiger partial charge in [-0.2, -0.15) is 0 Å². The summed E-state index contributed by atoms with van der Waals surface area (Å²) in [6.07, 6.45) is 2.14. The van der Waals surface area contributed by atoms with Gasteiger partial charge in [0.05, 0.1) is 6.54 Å². The third kappa shape index (κ3) is 4.87. The number of amides is 2.